The Morgan fingerprint density at radius 1 is 1.29 bits per heavy atom. The molecule has 0 aliphatic rings. The van der Waals surface area contributed by atoms with Crippen LogP contribution in [0.5, 0.6) is 0 Å². The van der Waals surface area contributed by atoms with E-state index in [4.69, 9.17) is 5.73 Å². The van der Waals surface area contributed by atoms with Crippen LogP contribution in [0.15, 0.2) is 22.9 Å². The van der Waals surface area contributed by atoms with E-state index in [0.717, 1.165) is 22.2 Å². The quantitative estimate of drug-likeness (QED) is 0.758. The van der Waals surface area contributed by atoms with Gasteiger partial charge in [0, 0.05) is 5.38 Å². The smallest absolute Gasteiger partial charge is 0.191 e. The highest BCUT2D eigenvalue weighted by molar-refractivity contribution is 7.13. The van der Waals surface area contributed by atoms with Crippen LogP contribution in [-0.4, -0.2) is 20.2 Å². The Kier molecular flexibility index (Phi) is 2.62. The second kappa shape index (κ2) is 4.27. The van der Waals surface area contributed by atoms with Crippen molar-refractivity contribution in [3.05, 3.63) is 34.4 Å². The van der Waals surface area contributed by atoms with Gasteiger partial charge in [0.1, 0.15) is 5.82 Å². The Morgan fingerprint density at radius 3 is 2.94 bits per heavy atom. The van der Waals surface area contributed by atoms with Gasteiger partial charge < -0.3 is 5.73 Å². The van der Waals surface area contributed by atoms with E-state index in [1.807, 2.05) is 22.9 Å². The van der Waals surface area contributed by atoms with Crippen molar-refractivity contribution in [2.45, 2.75) is 6.42 Å². The molecule has 0 saturated heterocycles. The highest BCUT2D eigenvalue weighted by Gasteiger charge is 2.08. The molecule has 0 aromatic carbocycles. The van der Waals surface area contributed by atoms with Crippen molar-refractivity contribution in [1.29, 1.82) is 0 Å². The van der Waals surface area contributed by atoms with Crippen LogP contribution in [-0.2, 0) is 6.42 Å². The molecule has 3 N–H and O–H groups in total. The molecule has 0 radical (unpaired) electrons. The van der Waals surface area contributed by atoms with E-state index in [1.165, 1.54) is 11.3 Å². The number of hydrogen-bond acceptors (Lipinski definition) is 6. The molecule has 0 bridgehead atoms. The highest BCUT2D eigenvalue weighted by atomic mass is 32.1. The zero-order valence-electron chi connectivity index (χ0n) is 8.75. The topological polar surface area (TPSA) is 80.5 Å². The van der Waals surface area contributed by atoms with E-state index in [-0.39, 0.29) is 0 Å². The summed E-state index contributed by atoms with van der Waals surface area (Å²) in [6, 6.07) is 3.98. The number of nitrogen functional groups attached to an aromatic ring is 1. The molecule has 7 heteroatoms. The number of aromatic amines is 1. The van der Waals surface area contributed by atoms with Crippen LogP contribution < -0.4 is 5.73 Å². The Hall–Kier alpha value is -1.73. The molecule has 0 spiro atoms. The SMILES string of the molecule is Nc1nc(Cc2nc(-c3cccs3)n[nH]2)cs1. The lowest BCUT2D eigenvalue weighted by molar-refractivity contribution is 0.952. The summed E-state index contributed by atoms with van der Waals surface area (Å²) in [5.41, 5.74) is 6.50. The van der Waals surface area contributed by atoms with Crippen molar-refractivity contribution in [1.82, 2.24) is 20.2 Å². The molecule has 3 aromatic rings. The minimum atomic E-state index is 0.581. The number of thiophene rings is 1. The second-order valence-corrected chi connectivity index (χ2v) is 5.27. The lowest BCUT2D eigenvalue weighted by Gasteiger charge is -1.89. The van der Waals surface area contributed by atoms with Gasteiger partial charge >= 0.3 is 0 Å². The number of hydrogen-bond donors (Lipinski definition) is 2. The molecular formula is C10H9N5S2. The summed E-state index contributed by atoms with van der Waals surface area (Å²) in [4.78, 5) is 9.67. The maximum Gasteiger partial charge on any atom is 0.191 e. The van der Waals surface area contributed by atoms with Crippen molar-refractivity contribution in [3.8, 4) is 10.7 Å². The Labute approximate surface area is 105 Å². The fourth-order valence-corrected chi connectivity index (χ4v) is 2.69. The molecular weight excluding hydrogens is 254 g/mol. The Morgan fingerprint density at radius 2 is 2.24 bits per heavy atom. The lowest BCUT2D eigenvalue weighted by Crippen LogP contribution is -1.92. The average molecular weight is 263 g/mol. The third-order valence-electron chi connectivity index (χ3n) is 2.19. The maximum atomic E-state index is 5.58. The van der Waals surface area contributed by atoms with Gasteiger partial charge in [-0.15, -0.1) is 22.7 Å². The standard InChI is InChI=1S/C10H9N5S2/c11-10-12-6(5-17-10)4-8-13-9(15-14-8)7-2-1-3-16-7/h1-3,5H,4H2,(H2,11,12)(H,13,14,15). The van der Waals surface area contributed by atoms with Crippen molar-refractivity contribution in [3.63, 3.8) is 0 Å². The van der Waals surface area contributed by atoms with Gasteiger partial charge in [0.15, 0.2) is 11.0 Å². The largest absolute Gasteiger partial charge is 0.375 e. The lowest BCUT2D eigenvalue weighted by atomic mass is 10.3. The predicted molar refractivity (Wildman–Crippen MR) is 69.0 cm³/mol. The third-order valence-corrected chi connectivity index (χ3v) is 3.78. The first-order valence-corrected chi connectivity index (χ1v) is 6.72. The van der Waals surface area contributed by atoms with E-state index in [9.17, 15) is 0 Å². The Balaban J connectivity index is 1.81. The number of aromatic nitrogens is 4. The molecule has 17 heavy (non-hydrogen) atoms. The van der Waals surface area contributed by atoms with Crippen molar-refractivity contribution >= 4 is 27.8 Å². The minimum absolute atomic E-state index is 0.581. The monoisotopic (exact) mass is 263 g/mol. The first-order chi connectivity index (χ1) is 8.31. The third kappa shape index (κ3) is 2.20. The molecule has 0 aliphatic carbocycles. The molecule has 3 aromatic heterocycles. The fraction of sp³-hybridized carbons (Fsp3) is 0.100. The van der Waals surface area contributed by atoms with Crippen molar-refractivity contribution < 1.29 is 0 Å². The molecule has 0 fully saturated rings. The summed E-state index contributed by atoms with van der Waals surface area (Å²) >= 11 is 3.06. The highest BCUT2D eigenvalue weighted by Crippen LogP contribution is 2.21. The summed E-state index contributed by atoms with van der Waals surface area (Å²) in [5, 5.41) is 11.6. The van der Waals surface area contributed by atoms with Crippen LogP contribution in [0.2, 0.25) is 0 Å². The number of thiazole rings is 1. The molecule has 3 heterocycles. The van der Waals surface area contributed by atoms with Crippen LogP contribution in [0, 0.1) is 0 Å². The number of H-pyrrole nitrogens is 1. The normalized spacial score (nSPS) is 10.8. The number of nitrogens with one attached hydrogen (secondary N) is 1. The summed E-state index contributed by atoms with van der Waals surface area (Å²) in [6.45, 7) is 0. The summed E-state index contributed by atoms with van der Waals surface area (Å²) in [7, 11) is 0. The van der Waals surface area contributed by atoms with Crippen LogP contribution in [0.1, 0.15) is 11.5 Å². The van der Waals surface area contributed by atoms with Crippen molar-refractivity contribution in [2.75, 3.05) is 5.73 Å². The first kappa shape index (κ1) is 10.4. The van der Waals surface area contributed by atoms with Crippen molar-refractivity contribution in [2.24, 2.45) is 0 Å². The van der Waals surface area contributed by atoms with Gasteiger partial charge in [-0.25, -0.2) is 9.97 Å². The van der Waals surface area contributed by atoms with E-state index >= 15 is 0 Å². The Bertz CT molecular complexity index is 610. The molecule has 5 nitrogen and oxygen atoms in total. The molecule has 3 rings (SSSR count). The first-order valence-electron chi connectivity index (χ1n) is 4.96. The van der Waals surface area contributed by atoms with Crippen LogP contribution in [0.4, 0.5) is 5.13 Å². The molecule has 0 aliphatic heterocycles. The van der Waals surface area contributed by atoms with Gasteiger partial charge in [-0.3, -0.25) is 5.10 Å². The van der Waals surface area contributed by atoms with E-state index < -0.39 is 0 Å². The molecule has 0 unspecified atom stereocenters. The van der Waals surface area contributed by atoms with Gasteiger partial charge in [0.2, 0.25) is 0 Å². The predicted octanol–water partition coefficient (Wildman–Crippen LogP) is 2.16. The molecule has 0 amide bonds. The number of anilines is 1. The van der Waals surface area contributed by atoms with E-state index in [2.05, 4.69) is 20.2 Å². The summed E-state index contributed by atoms with van der Waals surface area (Å²) < 4.78 is 0. The molecule has 0 saturated carbocycles. The zero-order valence-corrected chi connectivity index (χ0v) is 10.4. The fourth-order valence-electron chi connectivity index (χ4n) is 1.47. The van der Waals surface area contributed by atoms with E-state index in [1.54, 1.807) is 11.3 Å². The number of nitrogens with two attached hydrogens (primary N) is 1. The molecule has 86 valence electrons. The second-order valence-electron chi connectivity index (χ2n) is 3.44. The minimum Gasteiger partial charge on any atom is -0.375 e. The number of nitrogens with zero attached hydrogens (tertiary/aromatic N) is 3. The van der Waals surface area contributed by atoms with Crippen LogP contribution in [0.25, 0.3) is 10.7 Å². The van der Waals surface area contributed by atoms with E-state index in [0.29, 0.717) is 11.6 Å². The van der Waals surface area contributed by atoms with Gasteiger partial charge in [-0.1, -0.05) is 6.07 Å². The van der Waals surface area contributed by atoms with Gasteiger partial charge in [-0.05, 0) is 11.4 Å². The van der Waals surface area contributed by atoms with Gasteiger partial charge in [-0.2, -0.15) is 5.10 Å². The maximum absolute atomic E-state index is 5.58. The molecule has 0 atom stereocenters. The summed E-state index contributed by atoms with van der Waals surface area (Å²) in [5.74, 6) is 1.54. The average Bonchev–Trinajstić information content (AvgIpc) is 3.00. The number of rotatable bonds is 3. The zero-order chi connectivity index (χ0) is 11.7. The van der Waals surface area contributed by atoms with Crippen LogP contribution in [0.3, 0.4) is 0 Å². The van der Waals surface area contributed by atoms with Gasteiger partial charge in [0.25, 0.3) is 0 Å². The van der Waals surface area contributed by atoms with Crippen LogP contribution >= 0.6 is 22.7 Å². The summed E-state index contributed by atoms with van der Waals surface area (Å²) in [6.07, 6.45) is 0.631. The van der Waals surface area contributed by atoms with Gasteiger partial charge in [0.05, 0.1) is 17.0 Å².